The first-order valence-corrected chi connectivity index (χ1v) is 4.13. The predicted molar refractivity (Wildman–Crippen MR) is 47.1 cm³/mol. The average molecular weight is 188 g/mol. The van der Waals surface area contributed by atoms with Crippen molar-refractivity contribution in [3.63, 3.8) is 0 Å². The smallest absolute Gasteiger partial charge is 0.335 e. The molecule has 76 valence electrons. The third-order valence-corrected chi connectivity index (χ3v) is 1.16. The van der Waals surface area contributed by atoms with E-state index in [1.54, 1.807) is 20.8 Å². The minimum Gasteiger partial charge on any atom is -0.458 e. The standard InChI is InChI=1S/C9H16O4/c1-6(10)5-7(11)8(12)13-9(2,3)4/h7,11H,5H2,1-4H3/t7-/m0/s1. The third kappa shape index (κ3) is 6.28. The zero-order valence-corrected chi connectivity index (χ0v) is 8.46. The number of carbonyl (C=O) groups excluding carboxylic acids is 2. The lowest BCUT2D eigenvalue weighted by atomic mass is 10.1. The van der Waals surface area contributed by atoms with Crippen molar-refractivity contribution in [2.45, 2.75) is 45.8 Å². The summed E-state index contributed by atoms with van der Waals surface area (Å²) in [5.41, 5.74) is -0.630. The van der Waals surface area contributed by atoms with Crippen molar-refractivity contribution >= 4 is 11.8 Å². The zero-order valence-electron chi connectivity index (χ0n) is 8.46. The van der Waals surface area contributed by atoms with E-state index in [1.807, 2.05) is 0 Å². The monoisotopic (exact) mass is 188 g/mol. The van der Waals surface area contributed by atoms with E-state index in [0.29, 0.717) is 0 Å². The Morgan fingerprint density at radius 3 is 2.15 bits per heavy atom. The fraction of sp³-hybridized carbons (Fsp3) is 0.778. The zero-order chi connectivity index (χ0) is 10.6. The predicted octanol–water partition coefficient (Wildman–Crippen LogP) is 0.668. The van der Waals surface area contributed by atoms with E-state index in [0.717, 1.165) is 0 Å². The van der Waals surface area contributed by atoms with Gasteiger partial charge in [-0.25, -0.2) is 4.79 Å². The summed E-state index contributed by atoms with van der Waals surface area (Å²) in [6.07, 6.45) is -1.52. The van der Waals surface area contributed by atoms with Gasteiger partial charge in [0.15, 0.2) is 6.10 Å². The summed E-state index contributed by atoms with van der Waals surface area (Å²) in [5.74, 6) is -0.985. The van der Waals surface area contributed by atoms with Crippen LogP contribution in [-0.4, -0.2) is 28.6 Å². The lowest BCUT2D eigenvalue weighted by Gasteiger charge is -2.21. The second-order valence-electron chi connectivity index (χ2n) is 3.96. The summed E-state index contributed by atoms with van der Waals surface area (Å²) in [6, 6.07) is 0. The van der Waals surface area contributed by atoms with E-state index < -0.39 is 17.7 Å². The topological polar surface area (TPSA) is 63.6 Å². The first-order valence-electron chi connectivity index (χ1n) is 4.13. The van der Waals surface area contributed by atoms with E-state index in [4.69, 9.17) is 9.84 Å². The molecule has 13 heavy (non-hydrogen) atoms. The van der Waals surface area contributed by atoms with Crippen LogP contribution >= 0.6 is 0 Å². The van der Waals surface area contributed by atoms with Crippen molar-refractivity contribution in [1.82, 2.24) is 0 Å². The molecule has 0 aromatic rings. The van der Waals surface area contributed by atoms with Crippen LogP contribution in [0.25, 0.3) is 0 Å². The average Bonchev–Trinajstić information content (AvgIpc) is 1.81. The molecule has 0 spiro atoms. The van der Waals surface area contributed by atoms with Gasteiger partial charge >= 0.3 is 5.97 Å². The molecule has 0 aliphatic heterocycles. The molecule has 1 N–H and O–H groups in total. The molecular formula is C9H16O4. The summed E-state index contributed by atoms with van der Waals surface area (Å²) in [5, 5.41) is 9.16. The summed E-state index contributed by atoms with van der Waals surface area (Å²) in [7, 11) is 0. The number of ether oxygens (including phenoxy) is 1. The minimum atomic E-state index is -1.34. The molecule has 0 fully saturated rings. The number of hydrogen-bond acceptors (Lipinski definition) is 4. The maximum Gasteiger partial charge on any atom is 0.335 e. The second kappa shape index (κ2) is 4.37. The number of Topliss-reactive ketones (excluding diaryl/α,β-unsaturated/α-hetero) is 1. The second-order valence-corrected chi connectivity index (χ2v) is 3.96. The molecular weight excluding hydrogens is 172 g/mol. The van der Waals surface area contributed by atoms with Gasteiger partial charge in [0, 0.05) is 6.42 Å². The largest absolute Gasteiger partial charge is 0.458 e. The van der Waals surface area contributed by atoms with Crippen LogP contribution in [0.4, 0.5) is 0 Å². The van der Waals surface area contributed by atoms with Gasteiger partial charge in [-0.05, 0) is 27.7 Å². The summed E-state index contributed by atoms with van der Waals surface area (Å²) < 4.78 is 4.86. The summed E-state index contributed by atoms with van der Waals surface area (Å²) in [4.78, 5) is 21.6. The normalized spacial score (nSPS) is 13.6. The van der Waals surface area contributed by atoms with Crippen LogP contribution in [0.5, 0.6) is 0 Å². The van der Waals surface area contributed by atoms with Gasteiger partial charge in [-0.15, -0.1) is 0 Å². The molecule has 0 bridgehead atoms. The summed E-state index contributed by atoms with van der Waals surface area (Å²) >= 11 is 0. The van der Waals surface area contributed by atoms with Crippen molar-refractivity contribution in [2.24, 2.45) is 0 Å². The Bertz CT molecular complexity index is 202. The van der Waals surface area contributed by atoms with Crippen molar-refractivity contribution < 1.29 is 19.4 Å². The Morgan fingerprint density at radius 1 is 1.38 bits per heavy atom. The van der Waals surface area contributed by atoms with E-state index >= 15 is 0 Å². The molecule has 0 amide bonds. The van der Waals surface area contributed by atoms with E-state index in [2.05, 4.69) is 0 Å². The highest BCUT2D eigenvalue weighted by molar-refractivity contribution is 5.84. The van der Waals surface area contributed by atoms with Gasteiger partial charge in [0.1, 0.15) is 11.4 Å². The van der Waals surface area contributed by atoms with E-state index in [1.165, 1.54) is 6.92 Å². The van der Waals surface area contributed by atoms with Gasteiger partial charge in [0.25, 0.3) is 0 Å². The van der Waals surface area contributed by atoms with Crippen LogP contribution < -0.4 is 0 Å². The van der Waals surface area contributed by atoms with E-state index in [9.17, 15) is 9.59 Å². The van der Waals surface area contributed by atoms with Gasteiger partial charge in [-0.3, -0.25) is 4.79 Å². The third-order valence-electron chi connectivity index (χ3n) is 1.16. The number of carbonyl (C=O) groups is 2. The number of ketones is 1. The highest BCUT2D eigenvalue weighted by Gasteiger charge is 2.23. The Hall–Kier alpha value is -0.900. The molecule has 0 unspecified atom stereocenters. The van der Waals surface area contributed by atoms with Crippen LogP contribution in [0.2, 0.25) is 0 Å². The van der Waals surface area contributed by atoms with Crippen molar-refractivity contribution in [1.29, 1.82) is 0 Å². The Morgan fingerprint density at radius 2 is 1.85 bits per heavy atom. The number of rotatable bonds is 3. The minimum absolute atomic E-state index is 0.186. The molecule has 0 aromatic carbocycles. The van der Waals surface area contributed by atoms with Gasteiger partial charge in [0.2, 0.25) is 0 Å². The van der Waals surface area contributed by atoms with Crippen molar-refractivity contribution in [3.05, 3.63) is 0 Å². The molecule has 4 nitrogen and oxygen atoms in total. The molecule has 0 saturated heterocycles. The van der Waals surface area contributed by atoms with Gasteiger partial charge < -0.3 is 9.84 Å². The molecule has 4 heteroatoms. The quantitative estimate of drug-likeness (QED) is 0.661. The molecule has 0 aromatic heterocycles. The lowest BCUT2D eigenvalue weighted by molar-refractivity contribution is -0.166. The highest BCUT2D eigenvalue weighted by atomic mass is 16.6. The first kappa shape index (κ1) is 12.1. The fourth-order valence-corrected chi connectivity index (χ4v) is 0.725. The van der Waals surface area contributed by atoms with Gasteiger partial charge in [-0.2, -0.15) is 0 Å². The van der Waals surface area contributed by atoms with Crippen molar-refractivity contribution in [3.8, 4) is 0 Å². The number of aliphatic hydroxyl groups is 1. The van der Waals surface area contributed by atoms with Crippen LogP contribution in [0.1, 0.15) is 34.1 Å². The molecule has 0 heterocycles. The van der Waals surface area contributed by atoms with Crippen LogP contribution in [0, 0.1) is 0 Å². The molecule has 0 rings (SSSR count). The number of aliphatic hydroxyl groups excluding tert-OH is 1. The Labute approximate surface area is 77.9 Å². The van der Waals surface area contributed by atoms with Crippen LogP contribution in [0.3, 0.4) is 0 Å². The molecule has 0 radical (unpaired) electrons. The molecule has 0 aliphatic carbocycles. The maximum absolute atomic E-state index is 11.1. The number of esters is 1. The number of hydrogen-bond donors (Lipinski definition) is 1. The van der Waals surface area contributed by atoms with Gasteiger partial charge in [0.05, 0.1) is 0 Å². The SMILES string of the molecule is CC(=O)C[C@H](O)C(=O)OC(C)(C)C. The van der Waals surface area contributed by atoms with E-state index in [-0.39, 0.29) is 12.2 Å². The van der Waals surface area contributed by atoms with Gasteiger partial charge in [-0.1, -0.05) is 0 Å². The van der Waals surface area contributed by atoms with Crippen molar-refractivity contribution in [2.75, 3.05) is 0 Å². The molecule has 0 aliphatic rings. The first-order chi connectivity index (χ1) is 5.72. The van der Waals surface area contributed by atoms with Crippen LogP contribution in [-0.2, 0) is 14.3 Å². The fourth-order valence-electron chi connectivity index (χ4n) is 0.725. The molecule has 0 saturated carbocycles. The van der Waals surface area contributed by atoms with Crippen LogP contribution in [0.15, 0.2) is 0 Å². The molecule has 1 atom stereocenters. The highest BCUT2D eigenvalue weighted by Crippen LogP contribution is 2.09. The Balaban J connectivity index is 4.05. The summed E-state index contributed by atoms with van der Waals surface area (Å²) in [6.45, 7) is 6.41. The maximum atomic E-state index is 11.1. The Kier molecular flexibility index (Phi) is 4.07. The lowest BCUT2D eigenvalue weighted by Crippen LogP contribution is -2.32.